The number of nitrogens with zero attached hydrogens (tertiary/aromatic N) is 3. The fraction of sp³-hybridized carbons (Fsp3) is 0.214. The van der Waals surface area contributed by atoms with Gasteiger partial charge in [0.15, 0.2) is 5.01 Å². The van der Waals surface area contributed by atoms with Gasteiger partial charge in [-0.25, -0.2) is 4.98 Å². The van der Waals surface area contributed by atoms with Crippen LogP contribution in [0.3, 0.4) is 0 Å². The number of nitrogens with one attached hydrogen (secondary N) is 1. The maximum Gasteiger partial charge on any atom is 0.159 e. The van der Waals surface area contributed by atoms with E-state index in [1.165, 1.54) is 5.56 Å². The zero-order valence-electron chi connectivity index (χ0n) is 11.2. The van der Waals surface area contributed by atoms with Gasteiger partial charge in [-0.15, -0.1) is 21.5 Å². The van der Waals surface area contributed by atoms with E-state index in [2.05, 4.69) is 32.6 Å². The molecule has 0 saturated carbocycles. The number of hydrogen-bond acceptors (Lipinski definition) is 6. The summed E-state index contributed by atoms with van der Waals surface area (Å²) in [7, 11) is 1.94. The molecular weight excluding hydrogens is 288 g/mol. The normalized spacial score (nSPS) is 12.5. The van der Waals surface area contributed by atoms with Gasteiger partial charge in [0.2, 0.25) is 0 Å². The summed E-state index contributed by atoms with van der Waals surface area (Å²) in [4.78, 5) is 5.38. The van der Waals surface area contributed by atoms with Gasteiger partial charge < -0.3 is 5.32 Å². The molecule has 0 aliphatic heterocycles. The van der Waals surface area contributed by atoms with Crippen LogP contribution in [0.2, 0.25) is 0 Å². The van der Waals surface area contributed by atoms with Crippen molar-refractivity contribution in [2.45, 2.75) is 13.0 Å². The average molecular weight is 302 g/mol. The molecule has 3 aromatic rings. The van der Waals surface area contributed by atoms with Crippen LogP contribution in [-0.2, 0) is 0 Å². The largest absolute Gasteiger partial charge is 0.307 e. The van der Waals surface area contributed by atoms with E-state index in [1.54, 1.807) is 22.7 Å². The van der Waals surface area contributed by atoms with Crippen molar-refractivity contribution >= 4 is 22.7 Å². The van der Waals surface area contributed by atoms with Crippen LogP contribution in [0.1, 0.15) is 22.3 Å². The molecule has 1 atom stereocenters. The van der Waals surface area contributed by atoms with Crippen molar-refractivity contribution in [3.05, 3.63) is 52.1 Å². The fourth-order valence-electron chi connectivity index (χ4n) is 2.03. The van der Waals surface area contributed by atoms with Crippen LogP contribution in [0.25, 0.3) is 9.88 Å². The molecule has 2 heterocycles. The SMILES string of the molecule is CNC(c1ccccc1)c1nnc(-c2scnc2C)s1. The first-order chi connectivity index (χ1) is 9.79. The standard InChI is InChI=1S/C14H14N4S2/c1-9-12(19-8-16-9)14-18-17-13(20-14)11(15-2)10-6-4-3-5-7-10/h3-8,11,15H,1-2H3. The van der Waals surface area contributed by atoms with Gasteiger partial charge in [-0.2, -0.15) is 0 Å². The Balaban J connectivity index is 1.95. The molecular formula is C14H14N4S2. The predicted octanol–water partition coefficient (Wildman–Crippen LogP) is 3.28. The highest BCUT2D eigenvalue weighted by Crippen LogP contribution is 2.33. The number of rotatable bonds is 4. The van der Waals surface area contributed by atoms with Gasteiger partial charge in [0.25, 0.3) is 0 Å². The molecule has 6 heteroatoms. The molecule has 0 aliphatic rings. The predicted molar refractivity (Wildman–Crippen MR) is 83.1 cm³/mol. The minimum atomic E-state index is 0.0793. The molecule has 3 rings (SSSR count). The van der Waals surface area contributed by atoms with Gasteiger partial charge in [0.1, 0.15) is 5.01 Å². The Morgan fingerprint density at radius 3 is 2.60 bits per heavy atom. The smallest absolute Gasteiger partial charge is 0.159 e. The van der Waals surface area contributed by atoms with Gasteiger partial charge in [0.05, 0.1) is 22.1 Å². The monoisotopic (exact) mass is 302 g/mol. The lowest BCUT2D eigenvalue weighted by Gasteiger charge is -2.12. The Labute approximate surface area is 125 Å². The molecule has 0 saturated heterocycles. The first-order valence-electron chi connectivity index (χ1n) is 6.25. The third kappa shape index (κ3) is 2.49. The molecule has 0 aliphatic carbocycles. The third-order valence-electron chi connectivity index (χ3n) is 3.05. The van der Waals surface area contributed by atoms with Crippen molar-refractivity contribution in [3.8, 4) is 9.88 Å². The molecule has 1 unspecified atom stereocenters. The van der Waals surface area contributed by atoms with Crippen LogP contribution in [0, 0.1) is 6.92 Å². The van der Waals surface area contributed by atoms with Crippen molar-refractivity contribution in [2.24, 2.45) is 0 Å². The summed E-state index contributed by atoms with van der Waals surface area (Å²) in [6.07, 6.45) is 0. The van der Waals surface area contributed by atoms with Crippen LogP contribution in [-0.4, -0.2) is 22.2 Å². The maximum absolute atomic E-state index is 4.35. The Kier molecular flexibility index (Phi) is 3.86. The van der Waals surface area contributed by atoms with Gasteiger partial charge in [-0.05, 0) is 19.5 Å². The summed E-state index contributed by atoms with van der Waals surface area (Å²) in [5, 5.41) is 13.9. The summed E-state index contributed by atoms with van der Waals surface area (Å²) in [6, 6.07) is 10.4. The van der Waals surface area contributed by atoms with Crippen LogP contribution in [0.5, 0.6) is 0 Å². The molecule has 0 bridgehead atoms. The summed E-state index contributed by atoms with van der Waals surface area (Å²) < 4.78 is 0. The second kappa shape index (κ2) is 5.78. The Morgan fingerprint density at radius 1 is 1.15 bits per heavy atom. The van der Waals surface area contributed by atoms with Crippen molar-refractivity contribution in [3.63, 3.8) is 0 Å². The number of aryl methyl sites for hydroxylation is 1. The fourth-order valence-corrected chi connectivity index (χ4v) is 3.95. The quantitative estimate of drug-likeness (QED) is 0.803. The number of hydrogen-bond donors (Lipinski definition) is 1. The number of benzene rings is 1. The van der Waals surface area contributed by atoms with E-state index >= 15 is 0 Å². The first kappa shape index (κ1) is 13.4. The Morgan fingerprint density at radius 2 is 1.95 bits per heavy atom. The van der Waals surface area contributed by atoms with Crippen molar-refractivity contribution in [1.29, 1.82) is 0 Å². The van der Waals surface area contributed by atoms with Crippen molar-refractivity contribution in [1.82, 2.24) is 20.5 Å². The lowest BCUT2D eigenvalue weighted by atomic mass is 10.1. The highest BCUT2D eigenvalue weighted by Gasteiger charge is 2.18. The number of aromatic nitrogens is 3. The molecule has 102 valence electrons. The van der Waals surface area contributed by atoms with Gasteiger partial charge in [0, 0.05) is 0 Å². The van der Waals surface area contributed by atoms with E-state index < -0.39 is 0 Å². The van der Waals surface area contributed by atoms with Gasteiger partial charge >= 0.3 is 0 Å². The highest BCUT2D eigenvalue weighted by atomic mass is 32.1. The van der Waals surface area contributed by atoms with Crippen LogP contribution in [0.4, 0.5) is 0 Å². The molecule has 0 spiro atoms. The second-order valence-electron chi connectivity index (χ2n) is 4.34. The highest BCUT2D eigenvalue weighted by molar-refractivity contribution is 7.20. The maximum atomic E-state index is 4.35. The van der Waals surface area contributed by atoms with E-state index in [0.29, 0.717) is 0 Å². The van der Waals surface area contributed by atoms with E-state index in [9.17, 15) is 0 Å². The molecule has 0 fully saturated rings. The zero-order valence-corrected chi connectivity index (χ0v) is 12.8. The summed E-state index contributed by atoms with van der Waals surface area (Å²) in [5.74, 6) is 0. The average Bonchev–Trinajstić information content (AvgIpc) is 3.10. The Hall–Kier alpha value is -1.63. The lowest BCUT2D eigenvalue weighted by Crippen LogP contribution is -2.17. The van der Waals surface area contributed by atoms with Crippen molar-refractivity contribution in [2.75, 3.05) is 7.05 Å². The summed E-state index contributed by atoms with van der Waals surface area (Å²) in [5.41, 5.74) is 4.05. The summed E-state index contributed by atoms with van der Waals surface area (Å²) in [6.45, 7) is 2.00. The third-order valence-corrected chi connectivity index (χ3v) is 5.12. The first-order valence-corrected chi connectivity index (χ1v) is 7.95. The molecule has 4 nitrogen and oxygen atoms in total. The summed E-state index contributed by atoms with van der Waals surface area (Å²) >= 11 is 3.23. The topological polar surface area (TPSA) is 50.7 Å². The molecule has 1 N–H and O–H groups in total. The minimum Gasteiger partial charge on any atom is -0.307 e. The van der Waals surface area contributed by atoms with Crippen molar-refractivity contribution < 1.29 is 0 Å². The van der Waals surface area contributed by atoms with E-state index in [0.717, 1.165) is 20.6 Å². The zero-order chi connectivity index (χ0) is 13.9. The van der Waals surface area contributed by atoms with E-state index in [1.807, 2.05) is 37.7 Å². The molecule has 2 aromatic heterocycles. The van der Waals surface area contributed by atoms with Crippen LogP contribution >= 0.6 is 22.7 Å². The molecule has 1 aromatic carbocycles. The Bertz CT molecular complexity index is 690. The van der Waals surface area contributed by atoms with Crippen LogP contribution < -0.4 is 5.32 Å². The number of thiazole rings is 1. The van der Waals surface area contributed by atoms with E-state index in [4.69, 9.17) is 0 Å². The van der Waals surface area contributed by atoms with Gasteiger partial charge in [-0.3, -0.25) is 0 Å². The molecule has 0 radical (unpaired) electrons. The molecule has 0 amide bonds. The van der Waals surface area contributed by atoms with Crippen LogP contribution in [0.15, 0.2) is 35.8 Å². The van der Waals surface area contributed by atoms with E-state index in [-0.39, 0.29) is 6.04 Å². The molecule has 20 heavy (non-hydrogen) atoms. The van der Waals surface area contributed by atoms with Gasteiger partial charge in [-0.1, -0.05) is 41.7 Å². The lowest BCUT2D eigenvalue weighted by molar-refractivity contribution is 0.678. The minimum absolute atomic E-state index is 0.0793. The second-order valence-corrected chi connectivity index (χ2v) is 6.21.